The van der Waals surface area contributed by atoms with Crippen LogP contribution in [0.1, 0.15) is 24.0 Å². The van der Waals surface area contributed by atoms with Crippen molar-refractivity contribution in [3.63, 3.8) is 0 Å². The Hall–Kier alpha value is -1.55. The second-order valence-corrected chi connectivity index (χ2v) is 5.15. The van der Waals surface area contributed by atoms with Crippen LogP contribution in [0.4, 0.5) is 0 Å². The Labute approximate surface area is 114 Å². The van der Waals surface area contributed by atoms with Gasteiger partial charge in [0.1, 0.15) is 5.75 Å². The standard InChI is InChI=1S/C15H22N2O2/c1-11-5-6-12(2)14(8-11)19-10-15(18)17-9-13-4-3-7-16-13/h5-6,8,13,16H,3-4,7,9-10H2,1-2H3,(H,17,18). The van der Waals surface area contributed by atoms with Gasteiger partial charge in [-0.1, -0.05) is 12.1 Å². The summed E-state index contributed by atoms with van der Waals surface area (Å²) in [4.78, 5) is 11.7. The van der Waals surface area contributed by atoms with E-state index < -0.39 is 0 Å². The molecule has 1 atom stereocenters. The lowest BCUT2D eigenvalue weighted by Gasteiger charge is -2.13. The fourth-order valence-electron chi connectivity index (χ4n) is 2.23. The van der Waals surface area contributed by atoms with Crippen LogP contribution in [0.15, 0.2) is 18.2 Å². The molecule has 0 aromatic heterocycles. The molecule has 2 N–H and O–H groups in total. The Morgan fingerprint density at radius 3 is 3.05 bits per heavy atom. The lowest BCUT2D eigenvalue weighted by molar-refractivity contribution is -0.123. The van der Waals surface area contributed by atoms with Crippen molar-refractivity contribution < 1.29 is 9.53 Å². The number of benzene rings is 1. The largest absolute Gasteiger partial charge is 0.483 e. The van der Waals surface area contributed by atoms with Crippen molar-refractivity contribution in [1.29, 1.82) is 0 Å². The van der Waals surface area contributed by atoms with Gasteiger partial charge in [0, 0.05) is 12.6 Å². The lowest BCUT2D eigenvalue weighted by Crippen LogP contribution is -2.39. The Balaban J connectivity index is 1.74. The van der Waals surface area contributed by atoms with Crippen LogP contribution >= 0.6 is 0 Å². The molecule has 4 nitrogen and oxygen atoms in total. The van der Waals surface area contributed by atoms with Gasteiger partial charge in [0.15, 0.2) is 6.61 Å². The first-order valence-corrected chi connectivity index (χ1v) is 6.85. The molecule has 1 aromatic carbocycles. The van der Waals surface area contributed by atoms with Crippen molar-refractivity contribution in [2.24, 2.45) is 0 Å². The van der Waals surface area contributed by atoms with Gasteiger partial charge in [0.05, 0.1) is 0 Å². The average molecular weight is 262 g/mol. The average Bonchev–Trinajstić information content (AvgIpc) is 2.90. The molecule has 1 fully saturated rings. The van der Waals surface area contributed by atoms with Gasteiger partial charge < -0.3 is 15.4 Å². The van der Waals surface area contributed by atoms with Gasteiger partial charge >= 0.3 is 0 Å². The molecular formula is C15H22N2O2. The fourth-order valence-corrected chi connectivity index (χ4v) is 2.23. The van der Waals surface area contributed by atoms with Crippen molar-refractivity contribution in [2.75, 3.05) is 19.7 Å². The van der Waals surface area contributed by atoms with Crippen molar-refractivity contribution in [2.45, 2.75) is 32.7 Å². The second-order valence-electron chi connectivity index (χ2n) is 5.15. The molecular weight excluding hydrogens is 240 g/mol. The van der Waals surface area contributed by atoms with Crippen LogP contribution in [0.5, 0.6) is 5.75 Å². The third-order valence-electron chi connectivity index (χ3n) is 3.41. The molecule has 1 heterocycles. The zero-order valence-electron chi connectivity index (χ0n) is 11.7. The van der Waals surface area contributed by atoms with Crippen LogP contribution < -0.4 is 15.4 Å². The lowest BCUT2D eigenvalue weighted by atomic mass is 10.1. The summed E-state index contributed by atoms with van der Waals surface area (Å²) in [6.07, 6.45) is 2.33. The maximum absolute atomic E-state index is 11.7. The van der Waals surface area contributed by atoms with E-state index in [0.717, 1.165) is 29.8 Å². The number of amides is 1. The van der Waals surface area contributed by atoms with E-state index in [1.54, 1.807) is 0 Å². The molecule has 1 aliphatic rings. The van der Waals surface area contributed by atoms with E-state index in [4.69, 9.17) is 4.74 Å². The molecule has 104 valence electrons. The van der Waals surface area contributed by atoms with E-state index in [0.29, 0.717) is 12.6 Å². The number of nitrogens with one attached hydrogen (secondary N) is 2. The van der Waals surface area contributed by atoms with Gasteiger partial charge in [-0.2, -0.15) is 0 Å². The fraction of sp³-hybridized carbons (Fsp3) is 0.533. The predicted octanol–water partition coefficient (Wildman–Crippen LogP) is 1.55. The number of carbonyl (C=O) groups is 1. The zero-order chi connectivity index (χ0) is 13.7. The maximum atomic E-state index is 11.7. The number of aryl methyl sites for hydroxylation is 2. The van der Waals surface area contributed by atoms with Crippen molar-refractivity contribution in [1.82, 2.24) is 10.6 Å². The smallest absolute Gasteiger partial charge is 0.257 e. The predicted molar refractivity (Wildman–Crippen MR) is 75.4 cm³/mol. The van der Waals surface area contributed by atoms with Gasteiger partial charge in [0.2, 0.25) is 0 Å². The monoisotopic (exact) mass is 262 g/mol. The highest BCUT2D eigenvalue weighted by atomic mass is 16.5. The van der Waals surface area contributed by atoms with Gasteiger partial charge in [-0.05, 0) is 50.4 Å². The van der Waals surface area contributed by atoms with Crippen molar-refractivity contribution >= 4 is 5.91 Å². The van der Waals surface area contributed by atoms with Crippen molar-refractivity contribution in [3.05, 3.63) is 29.3 Å². The van der Waals surface area contributed by atoms with Crippen molar-refractivity contribution in [3.8, 4) is 5.75 Å². The van der Waals surface area contributed by atoms with Crippen LogP contribution in [0.2, 0.25) is 0 Å². The highest BCUT2D eigenvalue weighted by Gasteiger charge is 2.14. The van der Waals surface area contributed by atoms with Gasteiger partial charge in [-0.25, -0.2) is 0 Å². The quantitative estimate of drug-likeness (QED) is 0.846. The van der Waals surface area contributed by atoms with E-state index >= 15 is 0 Å². The SMILES string of the molecule is Cc1ccc(C)c(OCC(=O)NCC2CCCN2)c1. The van der Waals surface area contributed by atoms with Crippen LogP contribution in [-0.4, -0.2) is 31.6 Å². The Kier molecular flexibility index (Phi) is 4.80. The van der Waals surface area contributed by atoms with Gasteiger partial charge in [-0.3, -0.25) is 4.79 Å². The molecule has 0 bridgehead atoms. The van der Waals surface area contributed by atoms with Crippen LogP contribution in [-0.2, 0) is 4.79 Å². The first-order chi connectivity index (χ1) is 9.15. The molecule has 1 unspecified atom stereocenters. The summed E-state index contributed by atoms with van der Waals surface area (Å²) in [5.41, 5.74) is 2.19. The topological polar surface area (TPSA) is 50.4 Å². The summed E-state index contributed by atoms with van der Waals surface area (Å²) in [6.45, 7) is 5.82. The molecule has 1 aromatic rings. The molecule has 0 aliphatic carbocycles. The minimum Gasteiger partial charge on any atom is -0.483 e. The van der Waals surface area contributed by atoms with E-state index in [1.807, 2.05) is 32.0 Å². The first-order valence-electron chi connectivity index (χ1n) is 6.85. The Morgan fingerprint density at radius 2 is 2.32 bits per heavy atom. The van der Waals surface area contributed by atoms with E-state index in [-0.39, 0.29) is 12.5 Å². The molecule has 19 heavy (non-hydrogen) atoms. The van der Waals surface area contributed by atoms with Gasteiger partial charge in [0.25, 0.3) is 5.91 Å². The molecule has 0 radical (unpaired) electrons. The number of carbonyl (C=O) groups excluding carboxylic acids is 1. The number of rotatable bonds is 5. The number of hydrogen-bond donors (Lipinski definition) is 2. The van der Waals surface area contributed by atoms with Crippen LogP contribution in [0, 0.1) is 13.8 Å². The second kappa shape index (κ2) is 6.57. The highest BCUT2D eigenvalue weighted by molar-refractivity contribution is 5.77. The molecule has 1 aliphatic heterocycles. The Morgan fingerprint density at radius 1 is 1.47 bits per heavy atom. The van der Waals surface area contributed by atoms with Crippen LogP contribution in [0.25, 0.3) is 0 Å². The normalized spacial score (nSPS) is 18.3. The molecule has 4 heteroatoms. The molecule has 0 spiro atoms. The summed E-state index contributed by atoms with van der Waals surface area (Å²) in [7, 11) is 0. The first kappa shape index (κ1) is 13.9. The molecule has 2 rings (SSSR count). The third-order valence-corrected chi connectivity index (χ3v) is 3.41. The highest BCUT2D eigenvalue weighted by Crippen LogP contribution is 2.18. The van der Waals surface area contributed by atoms with Crippen LogP contribution in [0.3, 0.4) is 0 Å². The summed E-state index contributed by atoms with van der Waals surface area (Å²) in [5, 5.41) is 6.25. The van der Waals surface area contributed by atoms with E-state index in [9.17, 15) is 4.79 Å². The van der Waals surface area contributed by atoms with Gasteiger partial charge in [-0.15, -0.1) is 0 Å². The third kappa shape index (κ3) is 4.24. The molecule has 1 saturated heterocycles. The minimum absolute atomic E-state index is 0.0605. The van der Waals surface area contributed by atoms with E-state index in [2.05, 4.69) is 10.6 Å². The summed E-state index contributed by atoms with van der Waals surface area (Å²) >= 11 is 0. The Bertz CT molecular complexity index is 440. The summed E-state index contributed by atoms with van der Waals surface area (Å²) in [5.74, 6) is 0.726. The summed E-state index contributed by atoms with van der Waals surface area (Å²) < 4.78 is 5.56. The maximum Gasteiger partial charge on any atom is 0.257 e. The molecule has 1 amide bonds. The summed E-state index contributed by atoms with van der Waals surface area (Å²) in [6, 6.07) is 6.42. The zero-order valence-corrected chi connectivity index (χ0v) is 11.7. The number of ether oxygens (including phenoxy) is 1. The number of hydrogen-bond acceptors (Lipinski definition) is 3. The van der Waals surface area contributed by atoms with E-state index in [1.165, 1.54) is 6.42 Å². The minimum atomic E-state index is -0.0605. The molecule has 0 saturated carbocycles.